The van der Waals surface area contributed by atoms with Crippen LogP contribution in [0.3, 0.4) is 0 Å². The Morgan fingerprint density at radius 3 is 2.00 bits per heavy atom. The van der Waals surface area contributed by atoms with Gasteiger partial charge < -0.3 is 5.43 Å². The molecule has 78 valence electrons. The van der Waals surface area contributed by atoms with Crippen LogP contribution in [-0.4, -0.2) is 13.3 Å². The predicted molar refractivity (Wildman–Crippen MR) is 58.2 cm³/mol. The first-order chi connectivity index (χ1) is 6.80. The monoisotopic (exact) mass is 192 g/mol. The summed E-state index contributed by atoms with van der Waals surface area (Å²) in [6.07, 6.45) is 11.1. The molecule has 0 aromatic carbocycles. The molecule has 0 spiro atoms. The quantitative estimate of drug-likeness (QED) is 0.527. The minimum Gasteiger partial charge on any atom is -0.313 e. The molecule has 2 heteroatoms. The van der Waals surface area contributed by atoms with Crippen LogP contribution >= 0.6 is 0 Å². The SMILES string of the molecule is CN/N=C/C12CC3CC(CC(C3)C1)C2. The summed E-state index contributed by atoms with van der Waals surface area (Å²) < 4.78 is 0. The van der Waals surface area contributed by atoms with Crippen LogP contribution in [0.15, 0.2) is 5.10 Å². The molecule has 0 aromatic heterocycles. The lowest BCUT2D eigenvalue weighted by molar-refractivity contribution is -0.00979. The summed E-state index contributed by atoms with van der Waals surface area (Å²) in [5.74, 6) is 3.10. The molecule has 0 radical (unpaired) electrons. The second-order valence-electron chi connectivity index (χ2n) is 5.76. The van der Waals surface area contributed by atoms with Gasteiger partial charge in [-0.05, 0) is 56.3 Å². The van der Waals surface area contributed by atoms with Crippen LogP contribution < -0.4 is 5.43 Å². The highest BCUT2D eigenvalue weighted by molar-refractivity contribution is 5.66. The van der Waals surface area contributed by atoms with Crippen LogP contribution in [0.5, 0.6) is 0 Å². The minimum absolute atomic E-state index is 0.498. The third-order valence-electron chi connectivity index (χ3n) is 4.55. The van der Waals surface area contributed by atoms with Crippen LogP contribution in [-0.2, 0) is 0 Å². The molecule has 14 heavy (non-hydrogen) atoms. The Labute approximate surface area is 86.2 Å². The highest BCUT2D eigenvalue weighted by Crippen LogP contribution is 2.59. The number of nitrogens with zero attached hydrogens (tertiary/aromatic N) is 1. The summed E-state index contributed by atoms with van der Waals surface area (Å²) in [6, 6.07) is 0. The Balaban J connectivity index is 1.84. The summed E-state index contributed by atoms with van der Waals surface area (Å²) in [6.45, 7) is 0. The first kappa shape index (κ1) is 8.75. The fraction of sp³-hybridized carbons (Fsp3) is 0.917. The van der Waals surface area contributed by atoms with E-state index in [1.807, 2.05) is 7.05 Å². The van der Waals surface area contributed by atoms with E-state index in [2.05, 4.69) is 16.7 Å². The third-order valence-corrected chi connectivity index (χ3v) is 4.55. The van der Waals surface area contributed by atoms with Crippen molar-refractivity contribution in [3.63, 3.8) is 0 Å². The average molecular weight is 192 g/mol. The van der Waals surface area contributed by atoms with Crippen LogP contribution in [0, 0.1) is 23.2 Å². The highest BCUT2D eigenvalue weighted by Gasteiger charge is 2.50. The lowest BCUT2D eigenvalue weighted by Crippen LogP contribution is -2.47. The van der Waals surface area contributed by atoms with Gasteiger partial charge in [-0.1, -0.05) is 0 Å². The van der Waals surface area contributed by atoms with Gasteiger partial charge in [0.05, 0.1) is 0 Å². The van der Waals surface area contributed by atoms with E-state index in [1.165, 1.54) is 38.5 Å². The van der Waals surface area contributed by atoms with E-state index in [0.29, 0.717) is 5.41 Å². The fourth-order valence-corrected chi connectivity index (χ4v) is 4.54. The number of hydrogen-bond donors (Lipinski definition) is 1. The zero-order valence-corrected chi connectivity index (χ0v) is 9.00. The number of hydrazone groups is 1. The molecule has 0 amide bonds. The first-order valence-electron chi connectivity index (χ1n) is 6.01. The van der Waals surface area contributed by atoms with Gasteiger partial charge in [-0.3, -0.25) is 0 Å². The first-order valence-corrected chi connectivity index (χ1v) is 6.01. The maximum absolute atomic E-state index is 4.29. The van der Waals surface area contributed by atoms with Crippen molar-refractivity contribution < 1.29 is 0 Å². The molecular formula is C12H20N2. The molecule has 0 aromatic rings. The molecule has 2 nitrogen and oxygen atoms in total. The van der Waals surface area contributed by atoms with Crippen molar-refractivity contribution in [1.29, 1.82) is 0 Å². The maximum atomic E-state index is 4.29. The summed E-state index contributed by atoms with van der Waals surface area (Å²) in [5, 5.41) is 4.29. The molecule has 4 saturated carbocycles. The Hall–Kier alpha value is -0.530. The minimum atomic E-state index is 0.498. The van der Waals surface area contributed by atoms with Gasteiger partial charge in [0.15, 0.2) is 0 Å². The van der Waals surface area contributed by atoms with Gasteiger partial charge in [0, 0.05) is 18.7 Å². The lowest BCUT2D eigenvalue weighted by atomic mass is 9.50. The maximum Gasteiger partial charge on any atom is 0.0304 e. The van der Waals surface area contributed by atoms with Gasteiger partial charge in [0.1, 0.15) is 0 Å². The van der Waals surface area contributed by atoms with Gasteiger partial charge in [-0.15, -0.1) is 0 Å². The third kappa shape index (κ3) is 1.27. The highest BCUT2D eigenvalue weighted by atomic mass is 15.3. The van der Waals surface area contributed by atoms with Crippen molar-refractivity contribution in [3.8, 4) is 0 Å². The number of rotatable bonds is 2. The zero-order valence-electron chi connectivity index (χ0n) is 9.00. The van der Waals surface area contributed by atoms with Crippen molar-refractivity contribution in [2.75, 3.05) is 7.05 Å². The summed E-state index contributed by atoms with van der Waals surface area (Å²) in [4.78, 5) is 0. The predicted octanol–water partition coefficient (Wildman–Crippen LogP) is 2.41. The smallest absolute Gasteiger partial charge is 0.0304 e. The van der Waals surface area contributed by atoms with E-state index in [9.17, 15) is 0 Å². The molecule has 4 aliphatic carbocycles. The van der Waals surface area contributed by atoms with Crippen molar-refractivity contribution in [3.05, 3.63) is 0 Å². The van der Waals surface area contributed by atoms with E-state index >= 15 is 0 Å². The average Bonchev–Trinajstić information content (AvgIpc) is 2.12. The molecule has 0 aliphatic heterocycles. The van der Waals surface area contributed by atoms with Gasteiger partial charge in [-0.2, -0.15) is 5.10 Å². The molecule has 4 rings (SSSR count). The molecule has 0 heterocycles. The van der Waals surface area contributed by atoms with Crippen molar-refractivity contribution in [2.24, 2.45) is 28.3 Å². The Kier molecular flexibility index (Phi) is 1.86. The van der Waals surface area contributed by atoms with Crippen LogP contribution in [0.25, 0.3) is 0 Å². The topological polar surface area (TPSA) is 24.4 Å². The molecule has 4 aliphatic rings. The normalized spacial score (nSPS) is 50.2. The number of hydrogen-bond acceptors (Lipinski definition) is 2. The van der Waals surface area contributed by atoms with Crippen molar-refractivity contribution in [1.82, 2.24) is 5.43 Å². The largest absolute Gasteiger partial charge is 0.313 e. The van der Waals surface area contributed by atoms with Gasteiger partial charge in [0.25, 0.3) is 0 Å². The van der Waals surface area contributed by atoms with Gasteiger partial charge in [-0.25, -0.2) is 0 Å². The van der Waals surface area contributed by atoms with Crippen molar-refractivity contribution >= 4 is 6.21 Å². The molecule has 0 saturated heterocycles. The van der Waals surface area contributed by atoms with Crippen molar-refractivity contribution in [2.45, 2.75) is 38.5 Å². The van der Waals surface area contributed by atoms with E-state index in [1.54, 1.807) is 0 Å². The van der Waals surface area contributed by atoms with Gasteiger partial charge >= 0.3 is 0 Å². The van der Waals surface area contributed by atoms with Gasteiger partial charge in [0.2, 0.25) is 0 Å². The Bertz CT molecular complexity index is 222. The second kappa shape index (κ2) is 2.98. The molecular weight excluding hydrogens is 172 g/mol. The zero-order chi connectivity index (χ0) is 9.60. The molecule has 4 fully saturated rings. The van der Waals surface area contributed by atoms with Crippen LogP contribution in [0.4, 0.5) is 0 Å². The summed E-state index contributed by atoms with van der Waals surface area (Å²) in [7, 11) is 1.90. The summed E-state index contributed by atoms with van der Waals surface area (Å²) in [5.41, 5.74) is 3.41. The standard InChI is InChI=1S/C12H20N2/c1-13-14-8-12-5-9-2-10(6-12)4-11(3-9)7-12/h8-11,13H,2-7H2,1H3/b14-8+. The van der Waals surface area contributed by atoms with E-state index in [0.717, 1.165) is 17.8 Å². The Morgan fingerprint density at radius 1 is 1.07 bits per heavy atom. The van der Waals surface area contributed by atoms with Crippen LogP contribution in [0.2, 0.25) is 0 Å². The summed E-state index contributed by atoms with van der Waals surface area (Å²) >= 11 is 0. The molecule has 0 atom stereocenters. The number of nitrogens with one attached hydrogen (secondary N) is 1. The second-order valence-corrected chi connectivity index (χ2v) is 5.76. The lowest BCUT2D eigenvalue weighted by Gasteiger charge is -2.55. The molecule has 1 N–H and O–H groups in total. The van der Waals surface area contributed by atoms with E-state index < -0.39 is 0 Å². The molecule has 4 bridgehead atoms. The van der Waals surface area contributed by atoms with E-state index in [-0.39, 0.29) is 0 Å². The Morgan fingerprint density at radius 2 is 1.57 bits per heavy atom. The van der Waals surface area contributed by atoms with Crippen LogP contribution in [0.1, 0.15) is 38.5 Å². The fourth-order valence-electron chi connectivity index (χ4n) is 4.54. The van der Waals surface area contributed by atoms with E-state index in [4.69, 9.17) is 0 Å². The molecule has 0 unspecified atom stereocenters.